The van der Waals surface area contributed by atoms with E-state index in [0.29, 0.717) is 0 Å². The summed E-state index contributed by atoms with van der Waals surface area (Å²) in [4.78, 5) is 17.6. The summed E-state index contributed by atoms with van der Waals surface area (Å²) in [6.45, 7) is 6.49. The molecule has 2 aliphatic rings. The zero-order chi connectivity index (χ0) is 16.4. The summed E-state index contributed by atoms with van der Waals surface area (Å²) in [7, 11) is 0. The second-order valence-corrected chi connectivity index (χ2v) is 8.15. The molecule has 2 aromatic rings. The fourth-order valence-corrected chi connectivity index (χ4v) is 5.18. The first-order chi connectivity index (χ1) is 11.8. The van der Waals surface area contributed by atoms with Crippen LogP contribution < -0.4 is 4.87 Å². The third kappa shape index (κ3) is 4.82. The lowest BCUT2D eigenvalue weighted by Gasteiger charge is -2.40. The van der Waals surface area contributed by atoms with Crippen LogP contribution >= 0.6 is 36.2 Å². The fourth-order valence-electron chi connectivity index (χ4n) is 4.27. The normalized spacial score (nSPS) is 19.8. The van der Waals surface area contributed by atoms with Crippen LogP contribution in [-0.4, -0.2) is 53.1 Å². The van der Waals surface area contributed by atoms with Gasteiger partial charge in [0.05, 0.1) is 10.2 Å². The van der Waals surface area contributed by atoms with Gasteiger partial charge in [-0.15, -0.1) is 24.8 Å². The summed E-state index contributed by atoms with van der Waals surface area (Å²) in [5.74, 6) is 0. The Labute approximate surface area is 172 Å². The first-order valence-corrected chi connectivity index (χ1v) is 10.2. The van der Waals surface area contributed by atoms with Gasteiger partial charge in [-0.05, 0) is 25.0 Å². The number of piperazine rings is 1. The molecular weight excluding hydrogens is 389 g/mol. The number of aromatic nitrogens is 1. The lowest BCUT2D eigenvalue weighted by atomic mass is 9.94. The van der Waals surface area contributed by atoms with E-state index in [1.807, 2.05) is 22.8 Å². The van der Waals surface area contributed by atoms with Gasteiger partial charge >= 0.3 is 4.87 Å². The average molecular weight is 418 g/mol. The molecule has 26 heavy (non-hydrogen) atoms. The molecule has 1 saturated heterocycles. The zero-order valence-electron chi connectivity index (χ0n) is 15.1. The fraction of sp³-hybridized carbons (Fsp3) is 0.632. The van der Waals surface area contributed by atoms with Crippen LogP contribution in [0.25, 0.3) is 10.2 Å². The number of benzene rings is 1. The van der Waals surface area contributed by atoms with Crippen molar-refractivity contribution in [1.29, 1.82) is 0 Å². The van der Waals surface area contributed by atoms with E-state index in [-0.39, 0.29) is 29.7 Å². The molecule has 4 nitrogen and oxygen atoms in total. The maximum Gasteiger partial charge on any atom is 0.308 e. The number of hydrogen-bond acceptors (Lipinski definition) is 4. The summed E-state index contributed by atoms with van der Waals surface area (Å²) in [5, 5.41) is 0. The largest absolute Gasteiger partial charge is 0.308 e. The quantitative estimate of drug-likeness (QED) is 0.755. The first-order valence-electron chi connectivity index (χ1n) is 9.36. The standard InChI is InChI=1S/C19H27N3OS.2ClH/c23-19-22(17-8-4-5-9-18(17)24-19)15-12-20-10-13-21(14-11-20)16-6-2-1-3-7-16;;/h4-5,8-9,16H,1-3,6-7,10-15H2;2*1H. The maximum atomic E-state index is 12.2. The van der Waals surface area contributed by atoms with Gasteiger partial charge in [-0.1, -0.05) is 42.7 Å². The van der Waals surface area contributed by atoms with Gasteiger partial charge in [-0.25, -0.2) is 0 Å². The van der Waals surface area contributed by atoms with Crippen molar-refractivity contribution < 1.29 is 0 Å². The van der Waals surface area contributed by atoms with Crippen molar-refractivity contribution in [2.24, 2.45) is 0 Å². The van der Waals surface area contributed by atoms with Gasteiger partial charge in [0.25, 0.3) is 0 Å². The Balaban J connectivity index is 0.00000121. The summed E-state index contributed by atoms with van der Waals surface area (Å²) in [6, 6.07) is 8.97. The number of hydrogen-bond donors (Lipinski definition) is 0. The van der Waals surface area contributed by atoms with E-state index in [1.54, 1.807) is 0 Å². The molecule has 0 spiro atoms. The van der Waals surface area contributed by atoms with Crippen molar-refractivity contribution >= 4 is 46.4 Å². The molecule has 0 N–H and O–H groups in total. The third-order valence-electron chi connectivity index (χ3n) is 5.71. The van der Waals surface area contributed by atoms with Crippen LogP contribution in [0.15, 0.2) is 29.1 Å². The first kappa shape index (κ1) is 21.7. The molecule has 1 aliphatic carbocycles. The molecular formula is C19H29Cl2N3OS. The lowest BCUT2D eigenvalue weighted by Crippen LogP contribution is -2.51. The monoisotopic (exact) mass is 417 g/mol. The van der Waals surface area contributed by atoms with Crippen LogP contribution in [0.1, 0.15) is 32.1 Å². The Hall–Kier alpha value is -0.590. The zero-order valence-corrected chi connectivity index (χ0v) is 17.6. The Bertz CT molecular complexity index is 734. The lowest BCUT2D eigenvalue weighted by molar-refractivity contribution is 0.0774. The van der Waals surface area contributed by atoms with Gasteiger partial charge in [0, 0.05) is 45.3 Å². The predicted octanol–water partition coefficient (Wildman–Crippen LogP) is 3.86. The maximum absolute atomic E-state index is 12.2. The molecule has 1 aromatic carbocycles. The Morgan fingerprint density at radius 1 is 0.923 bits per heavy atom. The predicted molar refractivity (Wildman–Crippen MR) is 115 cm³/mol. The molecule has 2 heterocycles. The molecule has 0 atom stereocenters. The molecule has 0 amide bonds. The number of fused-ring (bicyclic) bond motifs is 1. The van der Waals surface area contributed by atoms with Crippen molar-refractivity contribution in [3.05, 3.63) is 33.9 Å². The van der Waals surface area contributed by atoms with Gasteiger partial charge in [-0.2, -0.15) is 0 Å². The van der Waals surface area contributed by atoms with E-state index in [1.165, 1.54) is 56.5 Å². The summed E-state index contributed by atoms with van der Waals surface area (Å²) in [6.07, 6.45) is 7.06. The number of para-hydroxylation sites is 1. The molecule has 146 valence electrons. The molecule has 4 rings (SSSR count). The van der Waals surface area contributed by atoms with Crippen LogP contribution in [0.5, 0.6) is 0 Å². The minimum absolute atomic E-state index is 0. The van der Waals surface area contributed by atoms with E-state index in [0.717, 1.165) is 42.4 Å². The SMILES string of the molecule is Cl.Cl.O=c1sc2ccccc2n1CCN1CCN(C2CCCCC2)CC1. The van der Waals surface area contributed by atoms with Gasteiger partial charge in [0.1, 0.15) is 0 Å². The van der Waals surface area contributed by atoms with Crippen LogP contribution in [-0.2, 0) is 6.54 Å². The van der Waals surface area contributed by atoms with Gasteiger partial charge in [-0.3, -0.25) is 19.2 Å². The van der Waals surface area contributed by atoms with Gasteiger partial charge in [0.15, 0.2) is 0 Å². The van der Waals surface area contributed by atoms with Crippen molar-refractivity contribution in [2.45, 2.75) is 44.7 Å². The van der Waals surface area contributed by atoms with E-state index in [4.69, 9.17) is 0 Å². The average Bonchev–Trinajstić information content (AvgIpc) is 2.96. The minimum atomic E-state index is 0. The smallest absolute Gasteiger partial charge is 0.299 e. The number of halogens is 2. The molecule has 1 aliphatic heterocycles. The van der Waals surface area contributed by atoms with Crippen molar-refractivity contribution in [3.63, 3.8) is 0 Å². The molecule has 0 radical (unpaired) electrons. The Morgan fingerprint density at radius 2 is 1.62 bits per heavy atom. The third-order valence-corrected chi connectivity index (χ3v) is 6.67. The summed E-state index contributed by atoms with van der Waals surface area (Å²) >= 11 is 1.37. The molecule has 0 bridgehead atoms. The molecule has 0 unspecified atom stereocenters. The molecule has 1 saturated carbocycles. The van der Waals surface area contributed by atoms with E-state index >= 15 is 0 Å². The summed E-state index contributed by atoms with van der Waals surface area (Å²) in [5.41, 5.74) is 1.09. The van der Waals surface area contributed by atoms with Gasteiger partial charge in [0.2, 0.25) is 0 Å². The van der Waals surface area contributed by atoms with Crippen molar-refractivity contribution in [1.82, 2.24) is 14.4 Å². The van der Waals surface area contributed by atoms with Crippen LogP contribution in [0.3, 0.4) is 0 Å². The van der Waals surface area contributed by atoms with E-state index < -0.39 is 0 Å². The summed E-state index contributed by atoms with van der Waals surface area (Å²) < 4.78 is 3.05. The molecule has 2 fully saturated rings. The highest BCUT2D eigenvalue weighted by atomic mass is 35.5. The topological polar surface area (TPSA) is 28.5 Å². The number of rotatable bonds is 4. The van der Waals surface area contributed by atoms with E-state index in [2.05, 4.69) is 15.9 Å². The van der Waals surface area contributed by atoms with Crippen molar-refractivity contribution in [2.75, 3.05) is 32.7 Å². The minimum Gasteiger partial charge on any atom is -0.299 e. The van der Waals surface area contributed by atoms with Crippen LogP contribution in [0.4, 0.5) is 0 Å². The van der Waals surface area contributed by atoms with E-state index in [9.17, 15) is 4.79 Å². The highest BCUT2D eigenvalue weighted by Gasteiger charge is 2.25. The molecule has 1 aromatic heterocycles. The molecule has 7 heteroatoms. The van der Waals surface area contributed by atoms with Crippen LogP contribution in [0.2, 0.25) is 0 Å². The Kier molecular flexibility index (Phi) is 8.42. The second-order valence-electron chi connectivity index (χ2n) is 7.16. The van der Waals surface area contributed by atoms with Crippen molar-refractivity contribution in [3.8, 4) is 0 Å². The number of thiazole rings is 1. The Morgan fingerprint density at radius 3 is 2.35 bits per heavy atom. The number of nitrogens with zero attached hydrogens (tertiary/aromatic N) is 3. The second kappa shape index (κ2) is 10.1. The highest BCUT2D eigenvalue weighted by Crippen LogP contribution is 2.23. The van der Waals surface area contributed by atoms with Gasteiger partial charge < -0.3 is 0 Å². The van der Waals surface area contributed by atoms with Crippen LogP contribution in [0, 0.1) is 0 Å². The highest BCUT2D eigenvalue weighted by molar-refractivity contribution is 7.16.